The number of rotatable bonds is 6. The molecule has 1 aromatic rings. The number of benzene rings is 1. The van der Waals surface area contributed by atoms with Gasteiger partial charge in [-0.15, -0.1) is 0 Å². The predicted octanol–water partition coefficient (Wildman–Crippen LogP) is 5.09. The number of carbonyl (C=O) groups is 3. The minimum absolute atomic E-state index is 0.0239. The molecule has 0 N–H and O–H groups in total. The van der Waals surface area contributed by atoms with Gasteiger partial charge in [-0.1, -0.05) is 37.3 Å². The first-order chi connectivity index (χ1) is 18.0. The predicted molar refractivity (Wildman–Crippen MR) is 149 cm³/mol. The fourth-order valence-electron chi connectivity index (χ4n) is 7.11. The minimum atomic E-state index is -1.05. The van der Waals surface area contributed by atoms with E-state index in [1.165, 1.54) is 24.3 Å². The van der Waals surface area contributed by atoms with Crippen LogP contribution in [0.2, 0.25) is 0 Å². The number of allylic oxidation sites excluding steroid dienone is 2. The molecule has 0 radical (unpaired) electrons. The Morgan fingerprint density at radius 3 is 2.50 bits per heavy atom. The average molecular weight is 632 g/mol. The van der Waals surface area contributed by atoms with Gasteiger partial charge in [0.1, 0.15) is 18.0 Å². The summed E-state index contributed by atoms with van der Waals surface area (Å²) < 4.78 is 24.2. The van der Waals surface area contributed by atoms with Gasteiger partial charge in [0.05, 0.1) is 32.2 Å². The molecule has 5 rings (SSSR count). The molecule has 2 fully saturated rings. The maximum Gasteiger partial charge on any atom is 0.316 e. The Bertz CT molecular complexity index is 1260. The smallest absolute Gasteiger partial charge is 0.316 e. The van der Waals surface area contributed by atoms with Gasteiger partial charge in [0.25, 0.3) is 0 Å². The lowest BCUT2D eigenvalue weighted by molar-refractivity contribution is -0.161. The molecule has 1 saturated heterocycles. The number of ketones is 1. The molecule has 1 aromatic carbocycles. The lowest BCUT2D eigenvalue weighted by atomic mass is 9.47. The Hall–Kier alpha value is -2.46. The van der Waals surface area contributed by atoms with Gasteiger partial charge in [-0.05, 0) is 72.2 Å². The van der Waals surface area contributed by atoms with Crippen molar-refractivity contribution in [3.8, 4) is 5.75 Å². The van der Waals surface area contributed by atoms with Crippen LogP contribution in [-0.2, 0) is 28.6 Å². The van der Waals surface area contributed by atoms with Crippen molar-refractivity contribution in [2.24, 2.45) is 22.7 Å². The third-order valence-electron chi connectivity index (χ3n) is 9.31. The van der Waals surface area contributed by atoms with E-state index in [-0.39, 0.29) is 30.2 Å². The lowest BCUT2D eigenvalue weighted by Crippen LogP contribution is -2.61. The molecule has 38 heavy (non-hydrogen) atoms. The standard InChI is InChI=1S/C30H33IO7/c1-15-19(17-7-9-18(35-5)10-8-17)13-21(24(15)31)37-25-16(2)20(14-23(33)36-6)30(4)22(32)11-12-29(3)27(30)26(25)38-28(29)34/h7-12,19-21,25-27H,2,13-14H2,1,3-6H3/t19-,20+,21+,25+,26+,27+,29-,30+/m1/s1. The van der Waals surface area contributed by atoms with Crippen molar-refractivity contribution < 1.29 is 33.3 Å². The molecule has 0 aromatic heterocycles. The van der Waals surface area contributed by atoms with E-state index < -0.39 is 40.8 Å². The molecule has 8 heteroatoms. The highest BCUT2D eigenvalue weighted by Gasteiger charge is 2.71. The summed E-state index contributed by atoms with van der Waals surface area (Å²) >= 11 is 2.34. The molecule has 0 spiro atoms. The van der Waals surface area contributed by atoms with Crippen molar-refractivity contribution >= 4 is 40.3 Å². The molecule has 1 heterocycles. The lowest BCUT2D eigenvalue weighted by Gasteiger charge is -2.54. The normalized spacial score (nSPS) is 37.8. The zero-order chi connectivity index (χ0) is 27.6. The first-order valence-electron chi connectivity index (χ1n) is 12.8. The van der Waals surface area contributed by atoms with Gasteiger partial charge >= 0.3 is 11.9 Å². The monoisotopic (exact) mass is 632 g/mol. The molecule has 1 saturated carbocycles. The topological polar surface area (TPSA) is 88.1 Å². The van der Waals surface area contributed by atoms with Crippen molar-refractivity contribution in [3.63, 3.8) is 0 Å². The second-order valence-corrected chi connectivity index (χ2v) is 12.3. The van der Waals surface area contributed by atoms with Gasteiger partial charge in [0.15, 0.2) is 5.78 Å². The maximum absolute atomic E-state index is 13.4. The van der Waals surface area contributed by atoms with Gasteiger partial charge in [-0.3, -0.25) is 14.4 Å². The Morgan fingerprint density at radius 1 is 1.18 bits per heavy atom. The van der Waals surface area contributed by atoms with Crippen LogP contribution in [0.15, 0.2) is 57.7 Å². The summed E-state index contributed by atoms with van der Waals surface area (Å²) in [7, 11) is 2.98. The number of methoxy groups -OCH3 is 2. The summed E-state index contributed by atoms with van der Waals surface area (Å²) in [6.07, 6.45) is 2.23. The average Bonchev–Trinajstić information content (AvgIpc) is 3.34. The van der Waals surface area contributed by atoms with Crippen molar-refractivity contribution in [2.75, 3.05) is 14.2 Å². The van der Waals surface area contributed by atoms with E-state index in [9.17, 15) is 14.4 Å². The van der Waals surface area contributed by atoms with Gasteiger partial charge in [0.2, 0.25) is 0 Å². The van der Waals surface area contributed by atoms with E-state index in [4.69, 9.17) is 18.9 Å². The third-order valence-corrected chi connectivity index (χ3v) is 10.9. The zero-order valence-corrected chi connectivity index (χ0v) is 24.4. The van der Waals surface area contributed by atoms with Crippen LogP contribution in [0.1, 0.15) is 45.1 Å². The summed E-state index contributed by atoms with van der Waals surface area (Å²) in [5.41, 5.74) is 0.942. The van der Waals surface area contributed by atoms with Crippen molar-refractivity contribution in [3.05, 3.63) is 63.3 Å². The summed E-state index contributed by atoms with van der Waals surface area (Å²) in [4.78, 5) is 39.2. The zero-order valence-electron chi connectivity index (χ0n) is 22.3. The van der Waals surface area contributed by atoms with Crippen LogP contribution in [0.25, 0.3) is 0 Å². The maximum atomic E-state index is 13.4. The van der Waals surface area contributed by atoms with Crippen LogP contribution in [0, 0.1) is 22.7 Å². The van der Waals surface area contributed by atoms with E-state index >= 15 is 0 Å². The SMILES string of the molecule is C=C1[C@H](O[C@H]2C[C@@H](c3ccc(OC)cc3)C(C)=C2I)[C@@H]2OC(=O)[C@]3(C)C=CC(=O)[C@@](C)([C@@H]23)[C@H]1CC(=O)OC. The molecule has 1 aliphatic heterocycles. The van der Waals surface area contributed by atoms with Crippen LogP contribution < -0.4 is 4.74 Å². The number of halogens is 1. The molecule has 0 unspecified atom stereocenters. The quantitative estimate of drug-likeness (QED) is 0.246. The van der Waals surface area contributed by atoms with Crippen LogP contribution >= 0.6 is 22.6 Å². The first kappa shape index (κ1) is 27.1. The first-order valence-corrected chi connectivity index (χ1v) is 13.9. The molecular weight excluding hydrogens is 599 g/mol. The highest BCUT2D eigenvalue weighted by atomic mass is 127. The number of carbonyl (C=O) groups excluding carboxylic acids is 3. The Kier molecular flexibility index (Phi) is 6.87. The minimum Gasteiger partial charge on any atom is -0.497 e. The Morgan fingerprint density at radius 2 is 1.87 bits per heavy atom. The van der Waals surface area contributed by atoms with Crippen molar-refractivity contribution in [1.82, 2.24) is 0 Å². The van der Waals surface area contributed by atoms with E-state index in [1.54, 1.807) is 13.2 Å². The number of hydrogen-bond donors (Lipinski definition) is 0. The highest BCUT2D eigenvalue weighted by Crippen LogP contribution is 2.63. The van der Waals surface area contributed by atoms with E-state index in [0.717, 1.165) is 15.8 Å². The molecular formula is C30H33IO7. The molecule has 0 amide bonds. The van der Waals surface area contributed by atoms with Gasteiger partial charge < -0.3 is 18.9 Å². The third kappa shape index (κ3) is 3.89. The van der Waals surface area contributed by atoms with Crippen molar-refractivity contribution in [1.29, 1.82) is 0 Å². The fraction of sp³-hybridized carbons (Fsp3) is 0.500. The van der Waals surface area contributed by atoms with Crippen molar-refractivity contribution in [2.45, 2.75) is 57.8 Å². The van der Waals surface area contributed by atoms with E-state index in [2.05, 4.69) is 48.2 Å². The second-order valence-electron chi connectivity index (χ2n) is 11.2. The van der Waals surface area contributed by atoms with Crippen LogP contribution in [0.3, 0.4) is 0 Å². The summed E-state index contributed by atoms with van der Waals surface area (Å²) in [5.74, 6) is -1.04. The van der Waals surface area contributed by atoms with Gasteiger partial charge in [0, 0.05) is 26.7 Å². The number of ether oxygens (including phenoxy) is 4. The largest absolute Gasteiger partial charge is 0.497 e. The van der Waals surface area contributed by atoms with Gasteiger partial charge in [-0.25, -0.2) is 0 Å². The number of hydrogen-bond acceptors (Lipinski definition) is 7. The Balaban J connectivity index is 1.50. The van der Waals surface area contributed by atoms with Crippen LogP contribution in [0.4, 0.5) is 0 Å². The van der Waals surface area contributed by atoms with E-state index in [1.807, 2.05) is 26.0 Å². The number of esters is 2. The van der Waals surface area contributed by atoms with Crippen LogP contribution in [-0.4, -0.2) is 50.3 Å². The molecule has 8 atom stereocenters. The van der Waals surface area contributed by atoms with Gasteiger partial charge in [-0.2, -0.15) is 0 Å². The fourth-order valence-corrected chi connectivity index (χ4v) is 7.89. The highest BCUT2D eigenvalue weighted by molar-refractivity contribution is 14.1. The molecule has 3 aliphatic carbocycles. The molecule has 4 aliphatic rings. The van der Waals surface area contributed by atoms with Crippen LogP contribution in [0.5, 0.6) is 5.75 Å². The molecule has 0 bridgehead atoms. The van der Waals surface area contributed by atoms with E-state index in [0.29, 0.717) is 5.57 Å². The summed E-state index contributed by atoms with van der Waals surface area (Å²) in [6.45, 7) is 10.1. The molecule has 202 valence electrons. The Labute approximate surface area is 236 Å². The summed E-state index contributed by atoms with van der Waals surface area (Å²) in [6, 6.07) is 8.05. The second kappa shape index (κ2) is 9.62. The molecule has 7 nitrogen and oxygen atoms in total. The summed E-state index contributed by atoms with van der Waals surface area (Å²) in [5, 5.41) is 0.